The fourth-order valence-corrected chi connectivity index (χ4v) is 4.25. The summed E-state index contributed by atoms with van der Waals surface area (Å²) in [4.78, 5) is 16.9. The molecular weight excluding hydrogens is 346 g/mol. The average Bonchev–Trinajstić information content (AvgIpc) is 2.84. The van der Waals surface area contributed by atoms with Gasteiger partial charge in [0.1, 0.15) is 6.04 Å². The second kappa shape index (κ2) is 9.38. The zero-order valence-corrected chi connectivity index (χ0v) is 17.0. The number of hydroxylamine groups is 1. The average molecular weight is 380 g/mol. The molecule has 2 N–H and O–H groups in total. The standard InChI is InChI=1S/C14H27N3O5S.C2H6/c1-10(2)15-7-5-11(6-8-15)16-9-14(3,4)12(13(16)18)17(19)23(21)22-20;1-2/h10-12,19-20H,5-9H2,1-4H3;1-2H3. The molecule has 0 bridgehead atoms. The predicted octanol–water partition coefficient (Wildman–Crippen LogP) is 1.88. The van der Waals surface area contributed by atoms with E-state index in [4.69, 9.17) is 5.26 Å². The van der Waals surface area contributed by atoms with Crippen LogP contribution >= 0.6 is 0 Å². The molecule has 8 nitrogen and oxygen atoms in total. The molecule has 0 radical (unpaired) electrons. The Morgan fingerprint density at radius 3 is 2.24 bits per heavy atom. The summed E-state index contributed by atoms with van der Waals surface area (Å²) in [7, 11) is 0. The minimum atomic E-state index is -2.47. The first-order chi connectivity index (χ1) is 11.7. The first kappa shape index (κ1) is 22.5. The van der Waals surface area contributed by atoms with Gasteiger partial charge in [-0.1, -0.05) is 32.2 Å². The Morgan fingerprint density at radius 1 is 1.28 bits per heavy atom. The summed E-state index contributed by atoms with van der Waals surface area (Å²) >= 11 is -2.47. The number of hydrogen-bond acceptors (Lipinski definition) is 6. The van der Waals surface area contributed by atoms with E-state index in [1.165, 1.54) is 0 Å². The van der Waals surface area contributed by atoms with Crippen LogP contribution in [-0.4, -0.2) is 72.6 Å². The van der Waals surface area contributed by atoms with Crippen molar-refractivity contribution in [2.75, 3.05) is 19.6 Å². The van der Waals surface area contributed by atoms with Crippen LogP contribution in [0.25, 0.3) is 0 Å². The van der Waals surface area contributed by atoms with Gasteiger partial charge in [0.25, 0.3) is 11.3 Å². The predicted molar refractivity (Wildman–Crippen MR) is 95.8 cm³/mol. The minimum Gasteiger partial charge on any atom is -0.338 e. The number of carbonyl (C=O) groups is 1. The van der Waals surface area contributed by atoms with Crippen LogP contribution in [0.15, 0.2) is 0 Å². The number of likely N-dealkylation sites (tertiary alicyclic amines) is 2. The van der Waals surface area contributed by atoms with Crippen molar-refractivity contribution in [1.82, 2.24) is 14.3 Å². The lowest BCUT2D eigenvalue weighted by atomic mass is 9.88. The molecule has 2 aliphatic heterocycles. The van der Waals surface area contributed by atoms with Crippen LogP contribution in [0.3, 0.4) is 0 Å². The van der Waals surface area contributed by atoms with E-state index in [1.54, 1.807) is 4.90 Å². The van der Waals surface area contributed by atoms with E-state index in [0.29, 0.717) is 17.1 Å². The zero-order chi connectivity index (χ0) is 19.4. The lowest BCUT2D eigenvalue weighted by Crippen LogP contribution is -2.50. The second-order valence-electron chi connectivity index (χ2n) is 7.31. The highest BCUT2D eigenvalue weighted by molar-refractivity contribution is 7.77. The molecule has 2 heterocycles. The Labute approximate surface area is 153 Å². The van der Waals surface area contributed by atoms with Crippen molar-refractivity contribution in [3.8, 4) is 0 Å². The highest BCUT2D eigenvalue weighted by Crippen LogP contribution is 2.37. The first-order valence-corrected chi connectivity index (χ1v) is 9.98. The van der Waals surface area contributed by atoms with E-state index in [-0.39, 0.29) is 11.9 Å². The SMILES string of the molecule is CC.CC(C)N1CCC(N2CC(C)(C)C(N(O)S(=O)OO)C2=O)CC1. The van der Waals surface area contributed by atoms with Gasteiger partial charge in [-0.3, -0.25) is 10.0 Å². The second-order valence-corrected chi connectivity index (χ2v) is 8.27. The summed E-state index contributed by atoms with van der Waals surface area (Å²) in [6, 6.07) is -0.385. The van der Waals surface area contributed by atoms with E-state index < -0.39 is 22.7 Å². The van der Waals surface area contributed by atoms with Crippen molar-refractivity contribution in [2.24, 2.45) is 5.41 Å². The van der Waals surface area contributed by atoms with Gasteiger partial charge in [-0.25, -0.2) is 9.47 Å². The van der Waals surface area contributed by atoms with Crippen LogP contribution in [0.2, 0.25) is 0 Å². The molecule has 2 rings (SSSR count). The summed E-state index contributed by atoms with van der Waals surface area (Å²) in [6.07, 6.45) is 1.77. The molecule has 9 heteroatoms. The molecular formula is C16H33N3O5S. The fourth-order valence-electron chi connectivity index (χ4n) is 3.63. The van der Waals surface area contributed by atoms with Gasteiger partial charge >= 0.3 is 0 Å². The summed E-state index contributed by atoms with van der Waals surface area (Å²) in [5.41, 5.74) is -0.602. The van der Waals surface area contributed by atoms with Crippen LogP contribution in [0.1, 0.15) is 54.4 Å². The zero-order valence-electron chi connectivity index (χ0n) is 16.1. The van der Waals surface area contributed by atoms with Gasteiger partial charge in [-0.05, 0) is 26.7 Å². The maximum absolute atomic E-state index is 12.7. The van der Waals surface area contributed by atoms with Gasteiger partial charge in [-0.15, -0.1) is 4.33 Å². The van der Waals surface area contributed by atoms with Gasteiger partial charge in [0.15, 0.2) is 0 Å². The number of hydrogen-bond donors (Lipinski definition) is 2. The number of carbonyl (C=O) groups excluding carboxylic acids is 1. The molecule has 0 aromatic heterocycles. The van der Waals surface area contributed by atoms with Crippen LogP contribution in [-0.2, 0) is 20.4 Å². The molecule has 0 aliphatic carbocycles. The normalized spacial score (nSPS) is 26.1. The quantitative estimate of drug-likeness (QED) is 0.560. The molecule has 0 saturated carbocycles. The molecule has 0 spiro atoms. The first-order valence-electron chi connectivity index (χ1n) is 8.95. The largest absolute Gasteiger partial charge is 0.338 e. The van der Waals surface area contributed by atoms with Crippen molar-refractivity contribution in [3.05, 3.63) is 0 Å². The molecule has 2 saturated heterocycles. The summed E-state index contributed by atoms with van der Waals surface area (Å²) in [5, 5.41) is 18.4. The number of rotatable bonds is 5. The van der Waals surface area contributed by atoms with E-state index in [1.807, 2.05) is 27.7 Å². The van der Waals surface area contributed by atoms with Crippen LogP contribution in [0.4, 0.5) is 0 Å². The van der Waals surface area contributed by atoms with Crippen molar-refractivity contribution >= 4 is 17.2 Å². The minimum absolute atomic E-state index is 0.124. The monoisotopic (exact) mass is 379 g/mol. The van der Waals surface area contributed by atoms with E-state index in [0.717, 1.165) is 25.9 Å². The highest BCUT2D eigenvalue weighted by atomic mass is 32.2. The van der Waals surface area contributed by atoms with E-state index in [9.17, 15) is 14.2 Å². The third-order valence-corrected chi connectivity index (χ3v) is 5.59. The molecule has 1 amide bonds. The van der Waals surface area contributed by atoms with Gasteiger partial charge in [0, 0.05) is 37.1 Å². The molecule has 0 aromatic rings. The van der Waals surface area contributed by atoms with E-state index in [2.05, 4.69) is 23.1 Å². The molecule has 2 fully saturated rings. The third-order valence-electron chi connectivity index (χ3n) is 4.94. The highest BCUT2D eigenvalue weighted by Gasteiger charge is 2.53. The summed E-state index contributed by atoms with van der Waals surface area (Å²) in [5.74, 6) is -0.272. The lowest BCUT2D eigenvalue weighted by molar-refractivity contribution is -0.161. The van der Waals surface area contributed by atoms with Gasteiger partial charge in [-0.2, -0.15) is 0 Å². The maximum atomic E-state index is 12.7. The van der Waals surface area contributed by atoms with Crippen molar-refractivity contribution in [1.29, 1.82) is 0 Å². The Balaban J connectivity index is 0.00000151. The Bertz CT molecular complexity index is 467. The molecule has 0 aromatic carbocycles. The molecule has 148 valence electrons. The molecule has 2 atom stereocenters. The summed E-state index contributed by atoms with van der Waals surface area (Å²) in [6.45, 7) is 14.3. The van der Waals surface area contributed by atoms with Crippen LogP contribution in [0, 0.1) is 5.41 Å². The smallest absolute Gasteiger partial charge is 0.290 e. The molecule has 2 aliphatic rings. The van der Waals surface area contributed by atoms with Crippen LogP contribution < -0.4 is 0 Å². The summed E-state index contributed by atoms with van der Waals surface area (Å²) < 4.78 is 15.4. The fraction of sp³-hybridized carbons (Fsp3) is 0.938. The van der Waals surface area contributed by atoms with Crippen molar-refractivity contribution in [3.63, 3.8) is 0 Å². The number of piperidine rings is 1. The number of amides is 1. The topological polar surface area (TPSA) is 93.6 Å². The Hall–Kier alpha value is -0.580. The molecule has 2 unspecified atom stereocenters. The third kappa shape index (κ3) is 4.99. The van der Waals surface area contributed by atoms with Crippen LogP contribution in [0.5, 0.6) is 0 Å². The number of nitrogens with zero attached hydrogens (tertiary/aromatic N) is 3. The van der Waals surface area contributed by atoms with Gasteiger partial charge in [0.05, 0.1) is 0 Å². The van der Waals surface area contributed by atoms with Crippen molar-refractivity contribution < 1.29 is 23.8 Å². The lowest BCUT2D eigenvalue weighted by Gasteiger charge is -2.38. The van der Waals surface area contributed by atoms with Gasteiger partial charge in [0.2, 0.25) is 5.91 Å². The Kier molecular flexibility index (Phi) is 8.43. The van der Waals surface area contributed by atoms with Gasteiger partial charge < -0.3 is 9.80 Å². The maximum Gasteiger partial charge on any atom is 0.290 e. The molecule has 25 heavy (non-hydrogen) atoms. The van der Waals surface area contributed by atoms with Crippen molar-refractivity contribution in [2.45, 2.75) is 72.5 Å². The Morgan fingerprint density at radius 2 is 1.80 bits per heavy atom. The van der Waals surface area contributed by atoms with E-state index >= 15 is 0 Å².